The summed E-state index contributed by atoms with van der Waals surface area (Å²) in [6, 6.07) is 1.32. The van der Waals surface area contributed by atoms with Crippen LogP contribution in [0.2, 0.25) is 0 Å². The number of carbonyl (C=O) groups excluding carboxylic acids is 3. The van der Waals surface area contributed by atoms with Gasteiger partial charge in [-0.15, -0.1) is 13.2 Å². The quantitative estimate of drug-likeness (QED) is 0.825. The molecule has 3 rings (SSSR count). The number of imide groups is 1. The second kappa shape index (κ2) is 5.94. The maximum absolute atomic E-state index is 12.7. The van der Waals surface area contributed by atoms with E-state index in [1.54, 1.807) is 0 Å². The topological polar surface area (TPSA) is 84.9 Å². The summed E-state index contributed by atoms with van der Waals surface area (Å²) in [5.74, 6) is -2.19. The lowest BCUT2D eigenvalue weighted by Gasteiger charge is -2.29. The molecule has 0 spiro atoms. The number of benzene rings is 1. The zero-order valence-corrected chi connectivity index (χ0v) is 13.0. The van der Waals surface area contributed by atoms with Gasteiger partial charge >= 0.3 is 6.36 Å². The molecule has 1 aromatic carbocycles. The van der Waals surface area contributed by atoms with Crippen molar-refractivity contribution < 1.29 is 37.0 Å². The Labute approximate surface area is 139 Å². The number of rotatable bonds is 3. The molecule has 0 aliphatic carbocycles. The average Bonchev–Trinajstić information content (AvgIpc) is 2.85. The Balaban J connectivity index is 1.97. The number of carbonyl (C=O) groups is 3. The van der Waals surface area contributed by atoms with E-state index in [9.17, 15) is 27.6 Å². The van der Waals surface area contributed by atoms with E-state index in [1.807, 2.05) is 0 Å². The largest absolute Gasteiger partial charge is 0.573 e. The minimum absolute atomic E-state index is 0.00799. The smallest absolute Gasteiger partial charge is 0.496 e. The number of piperidine rings is 1. The van der Waals surface area contributed by atoms with Crippen molar-refractivity contribution in [2.24, 2.45) is 0 Å². The first kappa shape index (κ1) is 17.1. The zero-order chi connectivity index (χ0) is 18.4. The highest BCUT2D eigenvalue weighted by molar-refractivity contribution is 6.06. The molecule has 1 saturated heterocycles. The van der Waals surface area contributed by atoms with Gasteiger partial charge in [-0.05, 0) is 18.6 Å². The summed E-state index contributed by atoms with van der Waals surface area (Å²) >= 11 is 0. The summed E-state index contributed by atoms with van der Waals surface area (Å²) in [4.78, 5) is 37.0. The Morgan fingerprint density at radius 2 is 1.88 bits per heavy atom. The van der Waals surface area contributed by atoms with Crippen molar-refractivity contribution in [1.82, 2.24) is 10.2 Å². The molecule has 134 valence electrons. The van der Waals surface area contributed by atoms with Crippen molar-refractivity contribution in [3.05, 3.63) is 23.3 Å². The van der Waals surface area contributed by atoms with Crippen LogP contribution in [-0.4, -0.2) is 42.1 Å². The number of nitrogens with zero attached hydrogens (tertiary/aromatic N) is 1. The summed E-state index contributed by atoms with van der Waals surface area (Å²) in [6.07, 6.45) is -4.78. The van der Waals surface area contributed by atoms with Crippen LogP contribution in [0.1, 0.15) is 28.8 Å². The van der Waals surface area contributed by atoms with Gasteiger partial charge in [0.15, 0.2) is 0 Å². The Kier molecular flexibility index (Phi) is 4.05. The molecule has 2 aliphatic heterocycles. The van der Waals surface area contributed by atoms with Gasteiger partial charge < -0.3 is 14.4 Å². The molecule has 25 heavy (non-hydrogen) atoms. The predicted molar refractivity (Wildman–Crippen MR) is 75.7 cm³/mol. The van der Waals surface area contributed by atoms with Crippen molar-refractivity contribution in [3.63, 3.8) is 0 Å². The lowest BCUT2D eigenvalue weighted by molar-refractivity contribution is -0.275. The van der Waals surface area contributed by atoms with Gasteiger partial charge in [-0.1, -0.05) is 0 Å². The van der Waals surface area contributed by atoms with Crippen LogP contribution in [0.4, 0.5) is 13.2 Å². The molecule has 1 N–H and O–H groups in total. The maximum atomic E-state index is 12.7. The third kappa shape index (κ3) is 3.11. The first-order chi connectivity index (χ1) is 11.7. The molecule has 0 saturated carbocycles. The minimum atomic E-state index is -4.92. The number of ether oxygens (including phenoxy) is 2. The number of methoxy groups -OCH3 is 1. The molecule has 1 aromatic rings. The van der Waals surface area contributed by atoms with E-state index >= 15 is 0 Å². The molecule has 0 bridgehead atoms. The van der Waals surface area contributed by atoms with Crippen LogP contribution < -0.4 is 14.8 Å². The highest BCUT2D eigenvalue weighted by Gasteiger charge is 2.43. The van der Waals surface area contributed by atoms with Gasteiger partial charge in [0.05, 0.1) is 19.2 Å². The number of hydrogen-bond acceptors (Lipinski definition) is 5. The van der Waals surface area contributed by atoms with Gasteiger partial charge in [-0.25, -0.2) is 0 Å². The molecule has 3 amide bonds. The van der Waals surface area contributed by atoms with Crippen molar-refractivity contribution in [3.8, 4) is 11.5 Å². The molecule has 1 atom stereocenters. The van der Waals surface area contributed by atoms with Gasteiger partial charge in [0.25, 0.3) is 5.91 Å². The van der Waals surface area contributed by atoms with Crippen LogP contribution in [0.5, 0.6) is 11.5 Å². The monoisotopic (exact) mass is 358 g/mol. The van der Waals surface area contributed by atoms with Crippen molar-refractivity contribution in [2.45, 2.75) is 31.8 Å². The highest BCUT2D eigenvalue weighted by atomic mass is 19.4. The van der Waals surface area contributed by atoms with Crippen molar-refractivity contribution >= 4 is 17.7 Å². The van der Waals surface area contributed by atoms with Crippen molar-refractivity contribution in [2.75, 3.05) is 7.11 Å². The molecule has 2 aliphatic rings. The molecular weight excluding hydrogens is 345 g/mol. The van der Waals surface area contributed by atoms with E-state index in [2.05, 4.69) is 10.1 Å². The maximum Gasteiger partial charge on any atom is 0.573 e. The van der Waals surface area contributed by atoms with E-state index in [0.717, 1.165) is 11.0 Å². The Morgan fingerprint density at radius 3 is 2.48 bits per heavy atom. The van der Waals surface area contributed by atoms with E-state index < -0.39 is 35.9 Å². The third-order valence-electron chi connectivity index (χ3n) is 4.07. The molecule has 1 fully saturated rings. The van der Waals surface area contributed by atoms with Gasteiger partial charge in [0, 0.05) is 12.0 Å². The van der Waals surface area contributed by atoms with Gasteiger partial charge in [-0.2, -0.15) is 0 Å². The standard InChI is InChI=1S/C15H13F3N2O5/c1-24-10-4-3-9(25-15(16,17)18)7-6-20(14(23)12(7)10)8-2-5-11(21)19-13(8)22/h3-4,8H,2,5-6H2,1H3,(H,19,21,22). The Morgan fingerprint density at radius 1 is 1.20 bits per heavy atom. The summed E-state index contributed by atoms with van der Waals surface area (Å²) in [6.45, 7) is -0.247. The fraction of sp³-hybridized carbons (Fsp3) is 0.400. The predicted octanol–water partition coefficient (Wildman–Crippen LogP) is 1.35. The molecule has 7 nitrogen and oxygen atoms in total. The number of nitrogens with one attached hydrogen (secondary N) is 1. The van der Waals surface area contributed by atoms with Crippen LogP contribution in [-0.2, 0) is 16.1 Å². The van der Waals surface area contributed by atoms with Crippen LogP contribution in [0.3, 0.4) is 0 Å². The molecule has 2 heterocycles. The van der Waals surface area contributed by atoms with Crippen LogP contribution in [0, 0.1) is 0 Å². The summed E-state index contributed by atoms with van der Waals surface area (Å²) in [7, 11) is 1.28. The van der Waals surface area contributed by atoms with E-state index in [0.29, 0.717) is 0 Å². The van der Waals surface area contributed by atoms with E-state index in [1.165, 1.54) is 13.2 Å². The molecular formula is C15H13F3N2O5. The van der Waals surface area contributed by atoms with Gasteiger partial charge in [-0.3, -0.25) is 19.7 Å². The lowest BCUT2D eigenvalue weighted by atomic mass is 10.0. The third-order valence-corrected chi connectivity index (χ3v) is 4.07. The average molecular weight is 358 g/mol. The Bertz CT molecular complexity index is 762. The molecule has 0 radical (unpaired) electrons. The van der Waals surface area contributed by atoms with Gasteiger partial charge in [0.1, 0.15) is 17.5 Å². The number of halogens is 3. The van der Waals surface area contributed by atoms with Crippen LogP contribution >= 0.6 is 0 Å². The molecule has 0 aromatic heterocycles. The first-order valence-electron chi connectivity index (χ1n) is 7.31. The second-order valence-corrected chi connectivity index (χ2v) is 5.57. The Hall–Kier alpha value is -2.78. The first-order valence-corrected chi connectivity index (χ1v) is 7.31. The lowest BCUT2D eigenvalue weighted by Crippen LogP contribution is -2.52. The van der Waals surface area contributed by atoms with E-state index in [4.69, 9.17) is 4.74 Å². The summed E-state index contributed by atoms with van der Waals surface area (Å²) in [5, 5.41) is 2.12. The van der Waals surface area contributed by atoms with Crippen molar-refractivity contribution in [1.29, 1.82) is 0 Å². The number of amides is 3. The molecule has 1 unspecified atom stereocenters. The molecule has 10 heteroatoms. The minimum Gasteiger partial charge on any atom is -0.496 e. The number of fused-ring (bicyclic) bond motifs is 1. The number of hydrogen-bond donors (Lipinski definition) is 1. The number of alkyl halides is 3. The van der Waals surface area contributed by atoms with Crippen LogP contribution in [0.25, 0.3) is 0 Å². The van der Waals surface area contributed by atoms with Crippen LogP contribution in [0.15, 0.2) is 12.1 Å². The van der Waals surface area contributed by atoms with E-state index in [-0.39, 0.29) is 36.3 Å². The summed E-state index contributed by atoms with van der Waals surface area (Å²) < 4.78 is 46.8. The highest BCUT2D eigenvalue weighted by Crippen LogP contribution is 2.40. The summed E-state index contributed by atoms with van der Waals surface area (Å²) in [5.41, 5.74) is -0.0830. The SMILES string of the molecule is COc1ccc(OC(F)(F)F)c2c1C(=O)N(C1CCC(=O)NC1=O)C2. The normalized spacial score (nSPS) is 20.4. The second-order valence-electron chi connectivity index (χ2n) is 5.57. The fourth-order valence-corrected chi connectivity index (χ4v) is 3.01. The zero-order valence-electron chi connectivity index (χ0n) is 13.0. The van der Waals surface area contributed by atoms with Gasteiger partial charge in [0.2, 0.25) is 11.8 Å². The fourth-order valence-electron chi connectivity index (χ4n) is 3.01.